The molecule has 1 atom stereocenters. The van der Waals surface area contributed by atoms with Gasteiger partial charge >= 0.3 is 0 Å². The average molecular weight is 486 g/mol. The van der Waals surface area contributed by atoms with Gasteiger partial charge in [-0.2, -0.15) is 0 Å². The van der Waals surface area contributed by atoms with Gasteiger partial charge in [-0.3, -0.25) is 19.7 Å². The molecular formula is C25H28ClN3O5. The lowest BCUT2D eigenvalue weighted by atomic mass is 9.83. The maximum Gasteiger partial charge on any atom is 0.255 e. The normalized spacial score (nSPS) is 21.5. The number of ether oxygens (including phenoxy) is 1. The molecule has 9 heteroatoms. The number of fused-ring (bicyclic) bond motifs is 1. The number of amides is 3. The van der Waals surface area contributed by atoms with E-state index in [0.717, 1.165) is 5.56 Å². The monoisotopic (exact) mass is 485 g/mol. The lowest BCUT2D eigenvalue weighted by molar-refractivity contribution is -0.136. The summed E-state index contributed by atoms with van der Waals surface area (Å²) in [6.45, 7) is 1.87. The summed E-state index contributed by atoms with van der Waals surface area (Å²) in [4.78, 5) is 38.8. The molecule has 1 unspecified atom stereocenters. The van der Waals surface area contributed by atoms with E-state index in [1.165, 1.54) is 4.90 Å². The fourth-order valence-electron chi connectivity index (χ4n) is 4.98. The highest BCUT2D eigenvalue weighted by atomic mass is 35.5. The van der Waals surface area contributed by atoms with Crippen LogP contribution in [0.15, 0.2) is 42.5 Å². The van der Waals surface area contributed by atoms with Crippen molar-refractivity contribution in [2.24, 2.45) is 0 Å². The minimum atomic E-state index is -1.06. The summed E-state index contributed by atoms with van der Waals surface area (Å²) in [5.74, 6) is -0.504. The van der Waals surface area contributed by atoms with Crippen molar-refractivity contribution in [1.82, 2.24) is 15.5 Å². The second-order valence-corrected chi connectivity index (χ2v) is 8.92. The van der Waals surface area contributed by atoms with Gasteiger partial charge in [-0.1, -0.05) is 36.4 Å². The Morgan fingerprint density at radius 3 is 2.50 bits per heavy atom. The lowest BCUT2D eigenvalue weighted by Gasteiger charge is -2.34. The second kappa shape index (κ2) is 9.74. The number of hydrogen-bond donors (Lipinski definition) is 3. The van der Waals surface area contributed by atoms with E-state index >= 15 is 0 Å². The molecule has 3 heterocycles. The van der Waals surface area contributed by atoms with Crippen LogP contribution in [0.5, 0.6) is 5.75 Å². The van der Waals surface area contributed by atoms with Gasteiger partial charge in [-0.05, 0) is 44.0 Å². The molecule has 2 fully saturated rings. The van der Waals surface area contributed by atoms with E-state index in [2.05, 4.69) is 10.6 Å². The van der Waals surface area contributed by atoms with Crippen molar-refractivity contribution < 1.29 is 24.2 Å². The molecule has 3 amide bonds. The van der Waals surface area contributed by atoms with Gasteiger partial charge in [0.2, 0.25) is 11.8 Å². The summed E-state index contributed by atoms with van der Waals surface area (Å²) in [6.07, 6.45) is 1.58. The Morgan fingerprint density at radius 2 is 1.79 bits per heavy atom. The molecule has 0 aliphatic carbocycles. The van der Waals surface area contributed by atoms with Crippen molar-refractivity contribution in [1.29, 1.82) is 0 Å². The number of imide groups is 1. The molecule has 5 rings (SSSR count). The highest BCUT2D eigenvalue weighted by Crippen LogP contribution is 2.43. The average Bonchev–Trinajstić information content (AvgIpc) is 3.15. The standard InChI is InChI=1S/C25H27N3O5.ClH/c29-21-9-8-20(23(30)27-21)28-14-18-17(24(28)31)6-7-19(25(32)10-12-26-13-11-25)22(18)33-15-16-4-2-1-3-5-16;/h1-7,20,26,32H,8-15H2,(H,27,29,30);1H. The molecule has 0 saturated carbocycles. The van der Waals surface area contributed by atoms with E-state index in [-0.39, 0.29) is 37.2 Å². The molecule has 2 aromatic rings. The van der Waals surface area contributed by atoms with Gasteiger partial charge in [0.05, 0.1) is 12.1 Å². The third-order valence-corrected chi connectivity index (χ3v) is 6.82. The highest BCUT2D eigenvalue weighted by Gasteiger charge is 2.43. The molecule has 8 nitrogen and oxygen atoms in total. The molecule has 3 aliphatic heterocycles. The molecule has 34 heavy (non-hydrogen) atoms. The van der Waals surface area contributed by atoms with Gasteiger partial charge < -0.3 is 20.1 Å². The topological polar surface area (TPSA) is 108 Å². The number of halogens is 1. The van der Waals surface area contributed by atoms with Crippen LogP contribution in [0.25, 0.3) is 0 Å². The Balaban J connectivity index is 0.00000274. The van der Waals surface area contributed by atoms with Crippen LogP contribution in [0, 0.1) is 0 Å². The van der Waals surface area contributed by atoms with Gasteiger partial charge in [0.15, 0.2) is 0 Å². The van der Waals surface area contributed by atoms with Crippen molar-refractivity contribution >= 4 is 30.1 Å². The summed E-state index contributed by atoms with van der Waals surface area (Å²) in [5.41, 5.74) is 1.76. The van der Waals surface area contributed by atoms with Gasteiger partial charge in [-0.25, -0.2) is 0 Å². The quantitative estimate of drug-likeness (QED) is 0.559. The van der Waals surface area contributed by atoms with Crippen molar-refractivity contribution in [3.8, 4) is 5.75 Å². The van der Waals surface area contributed by atoms with Crippen LogP contribution < -0.4 is 15.4 Å². The fourth-order valence-corrected chi connectivity index (χ4v) is 4.98. The van der Waals surface area contributed by atoms with Crippen molar-refractivity contribution in [3.05, 3.63) is 64.7 Å². The van der Waals surface area contributed by atoms with Crippen molar-refractivity contribution in [2.75, 3.05) is 13.1 Å². The van der Waals surface area contributed by atoms with Crippen LogP contribution in [0.1, 0.15) is 52.7 Å². The first-order valence-corrected chi connectivity index (χ1v) is 11.4. The fraction of sp³-hybridized carbons (Fsp3) is 0.400. The number of piperidine rings is 2. The summed E-state index contributed by atoms with van der Waals surface area (Å²) in [7, 11) is 0. The smallest absolute Gasteiger partial charge is 0.255 e. The summed E-state index contributed by atoms with van der Waals surface area (Å²) >= 11 is 0. The van der Waals surface area contributed by atoms with E-state index in [1.807, 2.05) is 30.3 Å². The molecule has 2 saturated heterocycles. The first kappa shape index (κ1) is 24.2. The first-order valence-electron chi connectivity index (χ1n) is 11.4. The van der Waals surface area contributed by atoms with Crippen LogP contribution >= 0.6 is 12.4 Å². The number of carbonyl (C=O) groups is 3. The third-order valence-electron chi connectivity index (χ3n) is 6.82. The predicted octanol–water partition coefficient (Wildman–Crippen LogP) is 2.02. The minimum Gasteiger partial charge on any atom is -0.488 e. The minimum absolute atomic E-state index is 0. The van der Waals surface area contributed by atoms with Crippen LogP contribution in [0.3, 0.4) is 0 Å². The molecule has 180 valence electrons. The van der Waals surface area contributed by atoms with Gasteiger partial charge in [-0.15, -0.1) is 12.4 Å². The molecule has 2 aromatic carbocycles. The summed E-state index contributed by atoms with van der Waals surface area (Å²) in [6, 6.07) is 12.5. The molecular weight excluding hydrogens is 458 g/mol. The Kier molecular flexibility index (Phi) is 6.93. The molecule has 0 radical (unpaired) electrons. The zero-order chi connectivity index (χ0) is 23.0. The highest BCUT2D eigenvalue weighted by molar-refractivity contribution is 6.05. The van der Waals surface area contributed by atoms with E-state index in [1.54, 1.807) is 12.1 Å². The molecule has 0 aromatic heterocycles. The Hall–Kier alpha value is -2.94. The Bertz CT molecular complexity index is 1100. The zero-order valence-corrected chi connectivity index (χ0v) is 19.5. The molecule has 0 bridgehead atoms. The number of nitrogens with one attached hydrogen (secondary N) is 2. The maximum absolute atomic E-state index is 13.2. The number of carbonyl (C=O) groups excluding carboxylic acids is 3. The van der Waals surface area contributed by atoms with Gasteiger partial charge in [0.1, 0.15) is 18.4 Å². The predicted molar refractivity (Wildman–Crippen MR) is 127 cm³/mol. The van der Waals surface area contributed by atoms with E-state index in [0.29, 0.717) is 61.4 Å². The van der Waals surface area contributed by atoms with Crippen LogP contribution in [0.2, 0.25) is 0 Å². The largest absolute Gasteiger partial charge is 0.488 e. The third kappa shape index (κ3) is 4.41. The lowest BCUT2D eigenvalue weighted by Crippen LogP contribution is -2.52. The summed E-state index contributed by atoms with van der Waals surface area (Å²) in [5, 5.41) is 17.1. The maximum atomic E-state index is 13.2. The van der Waals surface area contributed by atoms with E-state index in [4.69, 9.17) is 4.74 Å². The van der Waals surface area contributed by atoms with Crippen LogP contribution in [-0.2, 0) is 28.3 Å². The van der Waals surface area contributed by atoms with Gasteiger partial charge in [0.25, 0.3) is 5.91 Å². The number of hydrogen-bond acceptors (Lipinski definition) is 6. The zero-order valence-electron chi connectivity index (χ0n) is 18.7. The SMILES string of the molecule is Cl.O=C1CCC(N2Cc3c(ccc(C4(O)CCNCC4)c3OCc3ccccc3)C2=O)C(=O)N1. The molecule has 0 spiro atoms. The van der Waals surface area contributed by atoms with Crippen molar-refractivity contribution in [2.45, 2.75) is 50.5 Å². The number of benzene rings is 2. The Morgan fingerprint density at radius 1 is 1.06 bits per heavy atom. The number of aliphatic hydroxyl groups is 1. The summed E-state index contributed by atoms with van der Waals surface area (Å²) < 4.78 is 6.30. The molecule has 3 aliphatic rings. The second-order valence-electron chi connectivity index (χ2n) is 8.92. The number of rotatable bonds is 5. The molecule has 3 N–H and O–H groups in total. The Labute approximate surface area is 204 Å². The van der Waals surface area contributed by atoms with Gasteiger partial charge in [0, 0.05) is 23.1 Å². The van der Waals surface area contributed by atoms with E-state index < -0.39 is 17.6 Å². The van der Waals surface area contributed by atoms with Crippen LogP contribution in [-0.4, -0.2) is 46.9 Å². The van der Waals surface area contributed by atoms with Crippen LogP contribution in [0.4, 0.5) is 0 Å². The first-order chi connectivity index (χ1) is 16.0. The van der Waals surface area contributed by atoms with E-state index in [9.17, 15) is 19.5 Å². The van der Waals surface area contributed by atoms with Crippen molar-refractivity contribution in [3.63, 3.8) is 0 Å². The number of nitrogens with zero attached hydrogens (tertiary/aromatic N) is 1.